The Bertz CT molecular complexity index is 372. The molecule has 0 aromatic heterocycles. The zero-order valence-corrected chi connectivity index (χ0v) is 12.5. The highest BCUT2D eigenvalue weighted by Gasteiger charge is 2.37. The number of carboxylic acid groups (broad SMARTS) is 1. The predicted molar refractivity (Wildman–Crippen MR) is 76.3 cm³/mol. The Morgan fingerprint density at radius 2 is 1.80 bits per heavy atom. The van der Waals surface area contributed by atoms with Crippen LogP contribution in [-0.4, -0.2) is 48.1 Å². The zero-order chi connectivity index (χ0) is 14.7. The summed E-state index contributed by atoms with van der Waals surface area (Å²) in [6.07, 6.45) is 4.18. The van der Waals surface area contributed by atoms with Crippen LogP contribution in [0.5, 0.6) is 0 Å². The van der Waals surface area contributed by atoms with Gasteiger partial charge in [-0.25, -0.2) is 0 Å². The minimum Gasteiger partial charge on any atom is -0.481 e. The second kappa shape index (κ2) is 6.57. The highest BCUT2D eigenvalue weighted by Crippen LogP contribution is 2.31. The Labute approximate surface area is 120 Å². The maximum Gasteiger partial charge on any atom is 0.307 e. The van der Waals surface area contributed by atoms with Crippen LogP contribution in [0.2, 0.25) is 0 Å². The lowest BCUT2D eigenvalue weighted by atomic mass is 9.78. The van der Waals surface area contributed by atoms with Crippen LogP contribution < -0.4 is 5.32 Å². The van der Waals surface area contributed by atoms with Gasteiger partial charge < -0.3 is 15.3 Å². The topological polar surface area (TPSA) is 69.6 Å². The Balaban J connectivity index is 1.94. The summed E-state index contributed by atoms with van der Waals surface area (Å²) < 4.78 is 0. The van der Waals surface area contributed by atoms with E-state index in [1.807, 2.05) is 0 Å². The van der Waals surface area contributed by atoms with E-state index >= 15 is 0 Å². The number of carbonyl (C=O) groups excluding carboxylic acids is 1. The fourth-order valence-corrected chi connectivity index (χ4v) is 3.60. The number of rotatable bonds is 3. The second-order valence-electron chi connectivity index (χ2n) is 6.48. The van der Waals surface area contributed by atoms with Crippen molar-refractivity contribution in [2.75, 3.05) is 20.1 Å². The molecule has 5 heteroatoms. The van der Waals surface area contributed by atoms with Crippen molar-refractivity contribution in [2.45, 2.75) is 45.1 Å². The highest BCUT2D eigenvalue weighted by molar-refractivity contribution is 5.85. The van der Waals surface area contributed by atoms with Crippen LogP contribution in [0, 0.1) is 17.8 Å². The molecule has 1 heterocycles. The molecule has 2 aliphatic rings. The molecule has 1 saturated carbocycles. The van der Waals surface area contributed by atoms with E-state index < -0.39 is 11.9 Å². The van der Waals surface area contributed by atoms with Crippen LogP contribution in [0.15, 0.2) is 0 Å². The molecule has 114 valence electrons. The van der Waals surface area contributed by atoms with Crippen LogP contribution in [-0.2, 0) is 9.59 Å². The van der Waals surface area contributed by atoms with E-state index in [2.05, 4.69) is 24.2 Å². The van der Waals surface area contributed by atoms with Crippen molar-refractivity contribution in [1.82, 2.24) is 10.2 Å². The van der Waals surface area contributed by atoms with E-state index in [1.165, 1.54) is 0 Å². The van der Waals surface area contributed by atoms with Crippen molar-refractivity contribution in [1.29, 1.82) is 0 Å². The third kappa shape index (κ3) is 3.51. The molecule has 20 heavy (non-hydrogen) atoms. The first-order valence-corrected chi connectivity index (χ1v) is 7.70. The van der Waals surface area contributed by atoms with Gasteiger partial charge in [0.1, 0.15) is 0 Å². The number of nitrogens with zero attached hydrogens (tertiary/aromatic N) is 1. The first kappa shape index (κ1) is 15.3. The van der Waals surface area contributed by atoms with Gasteiger partial charge in [0, 0.05) is 12.6 Å². The monoisotopic (exact) mass is 282 g/mol. The van der Waals surface area contributed by atoms with E-state index in [4.69, 9.17) is 0 Å². The van der Waals surface area contributed by atoms with Crippen molar-refractivity contribution in [3.05, 3.63) is 0 Å². The van der Waals surface area contributed by atoms with Gasteiger partial charge in [-0.05, 0) is 38.8 Å². The van der Waals surface area contributed by atoms with E-state index in [1.54, 1.807) is 0 Å². The fourth-order valence-electron chi connectivity index (χ4n) is 3.60. The standard InChI is InChI=1S/C15H26N2O3/c1-10-9-17(2)8-7-13(10)16-14(18)11-5-3-4-6-12(11)15(19)20/h10-13H,3-9H2,1-2H3,(H,16,18)(H,19,20)/t10?,11-,12+,13?/m1/s1. The molecule has 1 amide bonds. The average Bonchev–Trinajstić information content (AvgIpc) is 2.41. The third-order valence-electron chi connectivity index (χ3n) is 4.86. The largest absolute Gasteiger partial charge is 0.481 e. The molecule has 2 unspecified atom stereocenters. The summed E-state index contributed by atoms with van der Waals surface area (Å²) in [6, 6.07) is 0.190. The molecule has 4 atom stereocenters. The normalized spacial score (nSPS) is 35.5. The predicted octanol–water partition coefficient (Wildman–Crippen LogP) is 1.33. The smallest absolute Gasteiger partial charge is 0.307 e. The van der Waals surface area contributed by atoms with E-state index in [9.17, 15) is 14.7 Å². The van der Waals surface area contributed by atoms with E-state index in [0.717, 1.165) is 32.4 Å². The molecule has 2 fully saturated rings. The van der Waals surface area contributed by atoms with Crippen LogP contribution >= 0.6 is 0 Å². The quantitative estimate of drug-likeness (QED) is 0.819. The number of nitrogens with one attached hydrogen (secondary N) is 1. The summed E-state index contributed by atoms with van der Waals surface area (Å²) in [5.74, 6) is -1.28. The molecule has 1 aliphatic carbocycles. The Morgan fingerprint density at radius 3 is 2.40 bits per heavy atom. The fraction of sp³-hybridized carbons (Fsp3) is 0.867. The highest BCUT2D eigenvalue weighted by atomic mass is 16.4. The maximum atomic E-state index is 12.4. The lowest BCUT2D eigenvalue weighted by Gasteiger charge is -2.37. The first-order valence-electron chi connectivity index (χ1n) is 7.70. The number of carbonyl (C=O) groups is 2. The number of amides is 1. The molecule has 0 spiro atoms. The average molecular weight is 282 g/mol. The third-order valence-corrected chi connectivity index (χ3v) is 4.86. The summed E-state index contributed by atoms with van der Waals surface area (Å²) in [6.45, 7) is 4.12. The van der Waals surface area contributed by atoms with E-state index in [0.29, 0.717) is 18.8 Å². The zero-order valence-electron chi connectivity index (χ0n) is 12.5. The molecule has 1 saturated heterocycles. The molecule has 0 aromatic rings. The van der Waals surface area contributed by atoms with Gasteiger partial charge in [-0.2, -0.15) is 0 Å². The van der Waals surface area contributed by atoms with Gasteiger partial charge in [0.05, 0.1) is 11.8 Å². The van der Waals surface area contributed by atoms with Crippen LogP contribution in [0.1, 0.15) is 39.0 Å². The summed E-state index contributed by atoms with van der Waals surface area (Å²) in [5, 5.41) is 12.4. The Kier molecular flexibility index (Phi) is 5.02. The number of hydrogen-bond donors (Lipinski definition) is 2. The van der Waals surface area contributed by atoms with Crippen LogP contribution in [0.4, 0.5) is 0 Å². The molecular formula is C15H26N2O3. The Morgan fingerprint density at radius 1 is 1.15 bits per heavy atom. The molecule has 0 bridgehead atoms. The van der Waals surface area contributed by atoms with Gasteiger partial charge in [-0.1, -0.05) is 19.8 Å². The molecular weight excluding hydrogens is 256 g/mol. The molecule has 0 radical (unpaired) electrons. The maximum absolute atomic E-state index is 12.4. The summed E-state index contributed by atoms with van der Waals surface area (Å²) >= 11 is 0. The van der Waals surface area contributed by atoms with Crippen molar-refractivity contribution in [3.63, 3.8) is 0 Å². The minimum atomic E-state index is -0.818. The molecule has 5 nitrogen and oxygen atoms in total. The summed E-state index contributed by atoms with van der Waals surface area (Å²) in [5.41, 5.74) is 0. The van der Waals surface area contributed by atoms with Crippen molar-refractivity contribution < 1.29 is 14.7 Å². The van der Waals surface area contributed by atoms with E-state index in [-0.39, 0.29) is 17.9 Å². The lowest BCUT2D eigenvalue weighted by Crippen LogP contribution is -2.51. The van der Waals surface area contributed by atoms with Gasteiger partial charge in [-0.3, -0.25) is 9.59 Å². The van der Waals surface area contributed by atoms with Crippen LogP contribution in [0.25, 0.3) is 0 Å². The summed E-state index contributed by atoms with van der Waals surface area (Å²) in [7, 11) is 2.09. The van der Waals surface area contributed by atoms with Crippen molar-refractivity contribution >= 4 is 11.9 Å². The van der Waals surface area contributed by atoms with Crippen LogP contribution in [0.3, 0.4) is 0 Å². The first-order chi connectivity index (χ1) is 9.49. The van der Waals surface area contributed by atoms with Gasteiger partial charge in [0.25, 0.3) is 0 Å². The van der Waals surface area contributed by atoms with Gasteiger partial charge in [-0.15, -0.1) is 0 Å². The lowest BCUT2D eigenvalue weighted by molar-refractivity contribution is -0.149. The summed E-state index contributed by atoms with van der Waals surface area (Å²) in [4.78, 5) is 26.0. The number of hydrogen-bond acceptors (Lipinski definition) is 3. The van der Waals surface area contributed by atoms with Gasteiger partial charge >= 0.3 is 5.97 Å². The molecule has 2 rings (SSSR count). The van der Waals surface area contributed by atoms with Gasteiger partial charge in [0.15, 0.2) is 0 Å². The number of aliphatic carboxylic acids is 1. The molecule has 0 aromatic carbocycles. The SMILES string of the molecule is CC1CN(C)CCC1NC(=O)[C@@H]1CCCC[C@@H]1C(=O)O. The molecule has 1 aliphatic heterocycles. The number of likely N-dealkylation sites (tertiary alicyclic amines) is 1. The number of carboxylic acids is 1. The minimum absolute atomic E-state index is 0.0431. The van der Waals surface area contributed by atoms with Crippen molar-refractivity contribution in [3.8, 4) is 0 Å². The Hall–Kier alpha value is -1.10. The second-order valence-corrected chi connectivity index (χ2v) is 6.48. The van der Waals surface area contributed by atoms with Crippen molar-refractivity contribution in [2.24, 2.45) is 17.8 Å². The number of piperidine rings is 1. The van der Waals surface area contributed by atoms with Gasteiger partial charge in [0.2, 0.25) is 5.91 Å². The molecule has 2 N–H and O–H groups in total.